The van der Waals surface area contributed by atoms with Crippen molar-refractivity contribution in [3.8, 4) is 0 Å². The van der Waals surface area contributed by atoms with Crippen LogP contribution in [0.4, 0.5) is 0 Å². The topological polar surface area (TPSA) is 51.2 Å². The van der Waals surface area contributed by atoms with Crippen LogP contribution in [0.25, 0.3) is 0 Å². The molecule has 0 saturated carbocycles. The predicted octanol–water partition coefficient (Wildman–Crippen LogP) is 6.15. The Kier molecular flexibility index (Phi) is 18.9. The van der Waals surface area contributed by atoms with Gasteiger partial charge >= 0.3 is 8.60 Å². The number of unbranched alkanes of at least 4 members (excludes halogenated alkanes) is 12. The van der Waals surface area contributed by atoms with Gasteiger partial charge in [-0.05, 0) is 20.5 Å². The molecule has 0 bridgehead atoms. The minimum Gasteiger partial charge on any atom is -0.338 e. The van der Waals surface area contributed by atoms with Crippen LogP contribution in [0, 0.1) is 0 Å². The highest BCUT2D eigenvalue weighted by molar-refractivity contribution is 7.41. The van der Waals surface area contributed by atoms with Crippen LogP contribution in [-0.2, 0) is 18.4 Å². The van der Waals surface area contributed by atoms with Crippen LogP contribution in [0.1, 0.15) is 96.8 Å². The monoisotopic (exact) mass is 460 g/mol. The Bertz CT molecular complexity index is 416. The highest BCUT2D eigenvalue weighted by Gasteiger charge is 2.20. The van der Waals surface area contributed by atoms with Crippen LogP contribution < -0.4 is 0 Å². The number of nitrogens with zero attached hydrogens (tertiary/aromatic N) is 2. The van der Waals surface area contributed by atoms with Crippen LogP contribution in [-0.4, -0.2) is 69.3 Å². The van der Waals surface area contributed by atoms with Gasteiger partial charge in [0, 0.05) is 26.1 Å². The van der Waals surface area contributed by atoms with Crippen molar-refractivity contribution in [1.82, 2.24) is 9.80 Å². The Labute approximate surface area is 193 Å². The Hall–Kier alpha value is -0.260. The van der Waals surface area contributed by atoms with Gasteiger partial charge < -0.3 is 23.4 Å². The van der Waals surface area contributed by atoms with E-state index in [1.165, 1.54) is 70.6 Å². The second-order valence-electron chi connectivity index (χ2n) is 8.90. The van der Waals surface area contributed by atoms with Gasteiger partial charge in [-0.3, -0.25) is 4.79 Å². The molecule has 0 spiro atoms. The average Bonchev–Trinajstić information content (AvgIpc) is 2.72. The van der Waals surface area contributed by atoms with Crippen molar-refractivity contribution in [2.24, 2.45) is 0 Å². The molecule has 7 heteroatoms. The maximum Gasteiger partial charge on any atom is 0.332 e. The summed E-state index contributed by atoms with van der Waals surface area (Å²) in [6, 6.07) is 0. The smallest absolute Gasteiger partial charge is 0.332 e. The summed E-state index contributed by atoms with van der Waals surface area (Å²) in [6.07, 6.45) is 17.9. The number of rotatable bonds is 18. The van der Waals surface area contributed by atoms with Gasteiger partial charge in [0.15, 0.2) is 0 Å². The van der Waals surface area contributed by atoms with Crippen molar-refractivity contribution in [3.05, 3.63) is 0 Å². The average molecular weight is 461 g/mol. The Morgan fingerprint density at radius 2 is 1.32 bits per heavy atom. The highest BCUT2D eigenvalue weighted by atomic mass is 31.2. The molecule has 1 aliphatic rings. The van der Waals surface area contributed by atoms with Gasteiger partial charge in [-0.15, -0.1) is 0 Å². The number of likely N-dealkylation sites (N-methyl/N-ethyl adjacent to an activating group) is 1. The fourth-order valence-corrected chi connectivity index (χ4v) is 4.59. The molecular formula is C24H49N2O4P. The molecule has 1 fully saturated rings. The minimum atomic E-state index is -1.28. The zero-order valence-corrected chi connectivity index (χ0v) is 21.5. The molecule has 1 heterocycles. The molecule has 184 valence electrons. The van der Waals surface area contributed by atoms with E-state index in [4.69, 9.17) is 13.6 Å². The van der Waals surface area contributed by atoms with Crippen molar-refractivity contribution in [3.63, 3.8) is 0 Å². The van der Waals surface area contributed by atoms with Gasteiger partial charge in [0.05, 0.1) is 19.8 Å². The van der Waals surface area contributed by atoms with Crippen molar-refractivity contribution in [2.75, 3.05) is 53.6 Å². The quantitative estimate of drug-likeness (QED) is 0.181. The van der Waals surface area contributed by atoms with Gasteiger partial charge in [0.1, 0.15) is 0 Å². The molecule has 1 rings (SSSR count). The molecule has 1 saturated heterocycles. The van der Waals surface area contributed by atoms with Gasteiger partial charge in [0.2, 0.25) is 5.91 Å². The Morgan fingerprint density at radius 3 is 1.81 bits per heavy atom. The van der Waals surface area contributed by atoms with E-state index in [0.29, 0.717) is 39.3 Å². The Morgan fingerprint density at radius 1 is 0.839 bits per heavy atom. The molecule has 0 aromatic rings. The molecule has 6 nitrogen and oxygen atoms in total. The lowest BCUT2D eigenvalue weighted by atomic mass is 10.0. The first-order chi connectivity index (χ1) is 15.1. The maximum atomic E-state index is 12.5. The largest absolute Gasteiger partial charge is 0.338 e. The summed E-state index contributed by atoms with van der Waals surface area (Å²) >= 11 is 0. The highest BCUT2D eigenvalue weighted by Crippen LogP contribution is 2.39. The van der Waals surface area contributed by atoms with Crippen LogP contribution in [0.15, 0.2) is 0 Å². The van der Waals surface area contributed by atoms with Crippen LogP contribution in [0.3, 0.4) is 0 Å². The van der Waals surface area contributed by atoms with E-state index in [1.807, 2.05) is 19.0 Å². The SMILES string of the molecule is CCCCCCCCCCCCCCCC(=O)N1CCOP(OCCN(C)C)OCC1. The third-order valence-corrected chi connectivity index (χ3v) is 6.88. The lowest BCUT2D eigenvalue weighted by Gasteiger charge is -2.27. The van der Waals surface area contributed by atoms with E-state index in [2.05, 4.69) is 11.8 Å². The van der Waals surface area contributed by atoms with E-state index in [-0.39, 0.29) is 5.91 Å². The third-order valence-electron chi connectivity index (χ3n) is 5.70. The number of hydrogen-bond acceptors (Lipinski definition) is 5. The summed E-state index contributed by atoms with van der Waals surface area (Å²) in [5.41, 5.74) is 0. The molecule has 1 amide bonds. The van der Waals surface area contributed by atoms with Gasteiger partial charge in [-0.25, -0.2) is 0 Å². The zero-order valence-electron chi connectivity index (χ0n) is 20.6. The number of carbonyl (C=O) groups excluding carboxylic acids is 1. The molecule has 0 atom stereocenters. The van der Waals surface area contributed by atoms with Gasteiger partial charge in [-0.2, -0.15) is 0 Å². The summed E-state index contributed by atoms with van der Waals surface area (Å²) < 4.78 is 17.0. The molecule has 0 radical (unpaired) electrons. The van der Waals surface area contributed by atoms with E-state index in [0.717, 1.165) is 19.4 Å². The first-order valence-corrected chi connectivity index (χ1v) is 13.8. The van der Waals surface area contributed by atoms with E-state index >= 15 is 0 Å². The number of hydrogen-bond donors (Lipinski definition) is 0. The van der Waals surface area contributed by atoms with Crippen LogP contribution in [0.5, 0.6) is 0 Å². The summed E-state index contributed by atoms with van der Waals surface area (Å²) in [5.74, 6) is 0.232. The summed E-state index contributed by atoms with van der Waals surface area (Å²) in [4.78, 5) is 16.4. The van der Waals surface area contributed by atoms with Gasteiger partial charge in [0.25, 0.3) is 0 Å². The number of amides is 1. The predicted molar refractivity (Wildman–Crippen MR) is 130 cm³/mol. The second-order valence-corrected chi connectivity index (χ2v) is 10.1. The zero-order chi connectivity index (χ0) is 22.6. The second kappa shape index (κ2) is 20.4. The van der Waals surface area contributed by atoms with Crippen molar-refractivity contribution >= 4 is 14.5 Å². The maximum absolute atomic E-state index is 12.5. The summed E-state index contributed by atoms with van der Waals surface area (Å²) in [6.45, 7) is 5.95. The molecule has 31 heavy (non-hydrogen) atoms. The minimum absolute atomic E-state index is 0.232. The molecular weight excluding hydrogens is 411 g/mol. The Balaban J connectivity index is 1.95. The van der Waals surface area contributed by atoms with E-state index < -0.39 is 8.60 Å². The van der Waals surface area contributed by atoms with Crippen molar-refractivity contribution in [2.45, 2.75) is 96.8 Å². The fraction of sp³-hybridized carbons (Fsp3) is 0.958. The summed E-state index contributed by atoms with van der Waals surface area (Å²) in [7, 11) is 2.75. The third kappa shape index (κ3) is 17.0. The lowest BCUT2D eigenvalue weighted by Crippen LogP contribution is -2.37. The normalized spacial score (nSPS) is 15.9. The lowest BCUT2D eigenvalue weighted by molar-refractivity contribution is -0.132. The van der Waals surface area contributed by atoms with Crippen LogP contribution in [0.2, 0.25) is 0 Å². The first-order valence-electron chi connectivity index (χ1n) is 12.7. The molecule has 0 aliphatic carbocycles. The summed E-state index contributed by atoms with van der Waals surface area (Å²) in [5, 5.41) is 0. The standard InChI is InChI=1S/C24H49N2O4P/c1-4-5-6-7-8-9-10-11-12-13-14-15-16-17-24(27)26-19-22-29-31(30-23-20-26)28-21-18-25(2)3/h4-23H2,1-3H3. The van der Waals surface area contributed by atoms with Crippen LogP contribution >= 0.6 is 8.60 Å². The van der Waals surface area contributed by atoms with Gasteiger partial charge in [-0.1, -0.05) is 84.0 Å². The van der Waals surface area contributed by atoms with E-state index in [9.17, 15) is 4.79 Å². The molecule has 0 N–H and O–H groups in total. The van der Waals surface area contributed by atoms with Crippen molar-refractivity contribution in [1.29, 1.82) is 0 Å². The molecule has 0 aromatic heterocycles. The molecule has 0 unspecified atom stereocenters. The first kappa shape index (κ1) is 28.8. The van der Waals surface area contributed by atoms with Crippen molar-refractivity contribution < 1.29 is 18.4 Å². The molecule has 1 aliphatic heterocycles. The molecule has 0 aromatic carbocycles. The van der Waals surface area contributed by atoms with E-state index in [1.54, 1.807) is 0 Å². The number of carbonyl (C=O) groups is 1. The fourth-order valence-electron chi connectivity index (χ4n) is 3.67.